The smallest absolute Gasteiger partial charge is 0.246 e. The summed E-state index contributed by atoms with van der Waals surface area (Å²) < 4.78 is 5.50. The Morgan fingerprint density at radius 3 is 2.55 bits per heavy atom. The van der Waals surface area contributed by atoms with Gasteiger partial charge < -0.3 is 15.0 Å². The molecule has 0 aromatic rings. The molecule has 1 N–H and O–H groups in total. The zero-order valence-corrected chi connectivity index (χ0v) is 13.4. The zero-order chi connectivity index (χ0) is 15.3. The molecule has 1 saturated heterocycles. The van der Waals surface area contributed by atoms with Gasteiger partial charge in [-0.05, 0) is 17.8 Å². The summed E-state index contributed by atoms with van der Waals surface area (Å²) in [7, 11) is 0. The number of carbonyl (C=O) groups is 2. The lowest BCUT2D eigenvalue weighted by Gasteiger charge is -2.38. The van der Waals surface area contributed by atoms with Crippen molar-refractivity contribution in [3.05, 3.63) is 0 Å². The fourth-order valence-corrected chi connectivity index (χ4v) is 2.15. The molecule has 0 spiro atoms. The second-order valence-electron chi connectivity index (χ2n) is 6.95. The molecule has 0 aromatic heterocycles. The Bertz CT molecular complexity index is 348. The van der Waals surface area contributed by atoms with Crippen molar-refractivity contribution in [3.63, 3.8) is 0 Å². The third kappa shape index (κ3) is 5.12. The van der Waals surface area contributed by atoms with Crippen LogP contribution in [-0.2, 0) is 14.3 Å². The van der Waals surface area contributed by atoms with Crippen LogP contribution in [0, 0.1) is 11.3 Å². The summed E-state index contributed by atoms with van der Waals surface area (Å²) >= 11 is 0. The Balaban J connectivity index is 2.44. The molecule has 0 saturated carbocycles. The molecule has 1 atom stereocenters. The van der Waals surface area contributed by atoms with Gasteiger partial charge in [0.2, 0.25) is 11.8 Å². The molecule has 20 heavy (non-hydrogen) atoms. The summed E-state index contributed by atoms with van der Waals surface area (Å²) in [4.78, 5) is 25.7. The highest BCUT2D eigenvalue weighted by atomic mass is 16.5. The third-order valence-corrected chi connectivity index (χ3v) is 3.23. The van der Waals surface area contributed by atoms with Gasteiger partial charge in [-0.1, -0.05) is 34.6 Å². The van der Waals surface area contributed by atoms with Gasteiger partial charge in [0.1, 0.15) is 6.04 Å². The number of amides is 2. The average molecular weight is 284 g/mol. The molecule has 1 heterocycles. The largest absolute Gasteiger partial charge is 0.381 e. The Kier molecular flexibility index (Phi) is 5.99. The van der Waals surface area contributed by atoms with Crippen LogP contribution in [-0.4, -0.2) is 49.1 Å². The number of ether oxygens (including phenoxy) is 1. The van der Waals surface area contributed by atoms with Gasteiger partial charge in [0.25, 0.3) is 0 Å². The van der Waals surface area contributed by atoms with Gasteiger partial charge in [-0.2, -0.15) is 0 Å². The van der Waals surface area contributed by atoms with Crippen LogP contribution >= 0.6 is 0 Å². The topological polar surface area (TPSA) is 58.6 Å². The molecule has 5 heteroatoms. The summed E-state index contributed by atoms with van der Waals surface area (Å²) in [6, 6.07) is -0.430. The molecule has 5 nitrogen and oxygen atoms in total. The quantitative estimate of drug-likeness (QED) is 0.751. The highest BCUT2D eigenvalue weighted by molar-refractivity contribution is 5.95. The van der Waals surface area contributed by atoms with E-state index in [0.29, 0.717) is 19.1 Å². The second kappa shape index (κ2) is 7.07. The van der Waals surface area contributed by atoms with Crippen LogP contribution in [0.5, 0.6) is 0 Å². The van der Waals surface area contributed by atoms with Crippen molar-refractivity contribution in [1.29, 1.82) is 0 Å². The summed E-state index contributed by atoms with van der Waals surface area (Å²) in [5.74, 6) is 0.455. The van der Waals surface area contributed by atoms with Gasteiger partial charge in [0.15, 0.2) is 0 Å². The number of rotatable bonds is 6. The molecular formula is C15H28N2O3. The first-order chi connectivity index (χ1) is 9.21. The van der Waals surface area contributed by atoms with Gasteiger partial charge in [-0.25, -0.2) is 0 Å². The number of nitrogens with one attached hydrogen (secondary N) is 1. The molecule has 1 fully saturated rings. The molecule has 1 aliphatic rings. The van der Waals surface area contributed by atoms with E-state index >= 15 is 0 Å². The highest BCUT2D eigenvalue weighted by Gasteiger charge is 2.39. The van der Waals surface area contributed by atoms with Gasteiger partial charge in [-0.15, -0.1) is 0 Å². The van der Waals surface area contributed by atoms with Crippen LogP contribution in [0.1, 0.15) is 41.0 Å². The summed E-state index contributed by atoms with van der Waals surface area (Å²) in [5.41, 5.74) is -0.264. The lowest BCUT2D eigenvalue weighted by atomic mass is 9.85. The first-order valence-corrected chi connectivity index (χ1v) is 7.37. The molecule has 1 aliphatic heterocycles. The van der Waals surface area contributed by atoms with Crippen LogP contribution in [0.3, 0.4) is 0 Å². The number of nitrogens with zero attached hydrogens (tertiary/aromatic N) is 1. The van der Waals surface area contributed by atoms with Crippen molar-refractivity contribution in [2.45, 2.75) is 47.1 Å². The lowest BCUT2D eigenvalue weighted by molar-refractivity contribution is -0.147. The van der Waals surface area contributed by atoms with Crippen molar-refractivity contribution in [3.8, 4) is 0 Å². The fraction of sp³-hybridized carbons (Fsp3) is 0.867. The van der Waals surface area contributed by atoms with E-state index in [1.807, 2.05) is 20.8 Å². The lowest BCUT2D eigenvalue weighted by Crippen LogP contribution is -2.62. The fourth-order valence-electron chi connectivity index (χ4n) is 2.15. The molecule has 2 amide bonds. The minimum atomic E-state index is -0.430. The van der Waals surface area contributed by atoms with E-state index in [1.54, 1.807) is 4.90 Å². The standard InChI is InChI=1S/C15H28N2O3/c1-11(2)10-20-8-6-7-17-9-12(18)16-13(14(17)19)15(3,4)5/h11,13H,6-10H2,1-5H3,(H,16,18). The number of piperazine rings is 1. The van der Waals surface area contributed by atoms with Crippen LogP contribution in [0.25, 0.3) is 0 Å². The van der Waals surface area contributed by atoms with E-state index in [0.717, 1.165) is 13.0 Å². The summed E-state index contributed by atoms with van der Waals surface area (Å²) in [5, 5.41) is 2.79. The van der Waals surface area contributed by atoms with E-state index in [-0.39, 0.29) is 23.8 Å². The monoisotopic (exact) mass is 284 g/mol. The van der Waals surface area contributed by atoms with Gasteiger partial charge in [-0.3, -0.25) is 9.59 Å². The molecule has 116 valence electrons. The van der Waals surface area contributed by atoms with Gasteiger partial charge in [0.05, 0.1) is 6.54 Å². The number of hydrogen-bond acceptors (Lipinski definition) is 3. The van der Waals surface area contributed by atoms with Gasteiger partial charge in [0, 0.05) is 19.8 Å². The molecule has 1 rings (SSSR count). The van der Waals surface area contributed by atoms with Crippen molar-refractivity contribution in [2.24, 2.45) is 11.3 Å². The molecule has 0 radical (unpaired) electrons. The first kappa shape index (κ1) is 17.0. The second-order valence-corrected chi connectivity index (χ2v) is 6.95. The Morgan fingerprint density at radius 1 is 1.35 bits per heavy atom. The van der Waals surface area contributed by atoms with Crippen LogP contribution in [0.15, 0.2) is 0 Å². The van der Waals surface area contributed by atoms with E-state index in [9.17, 15) is 9.59 Å². The van der Waals surface area contributed by atoms with E-state index < -0.39 is 6.04 Å². The average Bonchev–Trinajstić information content (AvgIpc) is 2.30. The van der Waals surface area contributed by atoms with E-state index in [4.69, 9.17) is 4.74 Å². The summed E-state index contributed by atoms with van der Waals surface area (Å²) in [6.45, 7) is 12.2. The Morgan fingerprint density at radius 2 is 2.00 bits per heavy atom. The maximum atomic E-state index is 12.4. The van der Waals surface area contributed by atoms with Crippen molar-refractivity contribution in [2.75, 3.05) is 26.3 Å². The minimum absolute atomic E-state index is 0.0148. The number of carbonyl (C=O) groups excluding carboxylic acids is 2. The minimum Gasteiger partial charge on any atom is -0.381 e. The van der Waals surface area contributed by atoms with E-state index in [1.165, 1.54) is 0 Å². The first-order valence-electron chi connectivity index (χ1n) is 7.37. The Labute approximate surface area is 122 Å². The van der Waals surface area contributed by atoms with Crippen molar-refractivity contribution >= 4 is 11.8 Å². The molecule has 0 aromatic carbocycles. The predicted octanol–water partition coefficient (Wildman–Crippen LogP) is 1.42. The Hall–Kier alpha value is -1.10. The molecule has 0 aliphatic carbocycles. The predicted molar refractivity (Wildman–Crippen MR) is 78.2 cm³/mol. The molecule has 0 bridgehead atoms. The zero-order valence-electron chi connectivity index (χ0n) is 13.4. The number of hydrogen-bond donors (Lipinski definition) is 1. The van der Waals surface area contributed by atoms with Crippen molar-refractivity contribution < 1.29 is 14.3 Å². The SMILES string of the molecule is CC(C)COCCCN1CC(=O)NC(C(C)(C)C)C1=O. The van der Waals surface area contributed by atoms with Crippen molar-refractivity contribution in [1.82, 2.24) is 10.2 Å². The maximum absolute atomic E-state index is 12.4. The molecule has 1 unspecified atom stereocenters. The third-order valence-electron chi connectivity index (χ3n) is 3.23. The highest BCUT2D eigenvalue weighted by Crippen LogP contribution is 2.23. The van der Waals surface area contributed by atoms with Gasteiger partial charge >= 0.3 is 0 Å². The van der Waals surface area contributed by atoms with Crippen LogP contribution < -0.4 is 5.32 Å². The van der Waals surface area contributed by atoms with Crippen LogP contribution in [0.2, 0.25) is 0 Å². The van der Waals surface area contributed by atoms with Crippen LogP contribution in [0.4, 0.5) is 0 Å². The maximum Gasteiger partial charge on any atom is 0.246 e. The van der Waals surface area contributed by atoms with E-state index in [2.05, 4.69) is 19.2 Å². The normalized spacial score (nSPS) is 20.5. The summed E-state index contributed by atoms with van der Waals surface area (Å²) in [6.07, 6.45) is 0.766. The molecular weight excluding hydrogens is 256 g/mol.